The van der Waals surface area contributed by atoms with Gasteiger partial charge < -0.3 is 10.2 Å². The molecule has 0 radical (unpaired) electrons. The Morgan fingerprint density at radius 2 is 2.20 bits per heavy atom. The lowest BCUT2D eigenvalue weighted by molar-refractivity contribution is -0.119. The van der Waals surface area contributed by atoms with Crippen LogP contribution in [-0.4, -0.2) is 33.2 Å². The molecule has 6 nitrogen and oxygen atoms in total. The van der Waals surface area contributed by atoms with Gasteiger partial charge in [-0.2, -0.15) is 0 Å². The second kappa shape index (κ2) is 7.31. The zero-order chi connectivity index (χ0) is 18.0. The maximum Gasteiger partial charge on any atom is 0.264 e. The molecule has 0 spiro atoms. The van der Waals surface area contributed by atoms with Gasteiger partial charge in [0.15, 0.2) is 0 Å². The number of hydrogen-bond donors (Lipinski definition) is 1. The molecule has 7 heteroatoms. The van der Waals surface area contributed by atoms with Crippen molar-refractivity contribution in [2.45, 2.75) is 46.2 Å². The third kappa shape index (κ3) is 3.87. The molecule has 3 rings (SSSR count). The lowest BCUT2D eigenvalue weighted by Crippen LogP contribution is -2.32. The second-order valence-corrected chi connectivity index (χ2v) is 7.29. The molecule has 1 N–H and O–H groups in total. The summed E-state index contributed by atoms with van der Waals surface area (Å²) in [7, 11) is 0. The zero-order valence-corrected chi connectivity index (χ0v) is 15.5. The Morgan fingerprint density at radius 1 is 1.40 bits per heavy atom. The van der Waals surface area contributed by atoms with E-state index in [1.54, 1.807) is 6.20 Å². The number of rotatable bonds is 4. The topological polar surface area (TPSA) is 75.2 Å². The van der Waals surface area contributed by atoms with Crippen LogP contribution in [0, 0.1) is 13.8 Å². The first-order valence-electron chi connectivity index (χ1n) is 8.38. The largest absolute Gasteiger partial charge is 0.352 e. The van der Waals surface area contributed by atoms with E-state index in [2.05, 4.69) is 15.3 Å². The Hall–Kier alpha value is -2.28. The van der Waals surface area contributed by atoms with Gasteiger partial charge in [-0.25, -0.2) is 9.97 Å². The van der Waals surface area contributed by atoms with Crippen molar-refractivity contribution in [1.29, 1.82) is 0 Å². The Labute approximate surface area is 151 Å². The summed E-state index contributed by atoms with van der Waals surface area (Å²) in [4.78, 5) is 35.7. The number of amides is 2. The fourth-order valence-electron chi connectivity index (χ4n) is 3.14. The number of nitrogens with one attached hydrogen (secondary N) is 1. The number of aryl methyl sites for hydroxylation is 2. The normalized spacial score (nSPS) is 16.9. The Balaban J connectivity index is 1.90. The molecule has 0 unspecified atom stereocenters. The van der Waals surface area contributed by atoms with Crippen LogP contribution in [0.3, 0.4) is 0 Å². The number of hydrogen-bond acceptors (Lipinski definition) is 5. The van der Waals surface area contributed by atoms with Crippen LogP contribution in [0.25, 0.3) is 0 Å². The van der Waals surface area contributed by atoms with E-state index >= 15 is 0 Å². The quantitative estimate of drug-likeness (QED) is 0.912. The van der Waals surface area contributed by atoms with Gasteiger partial charge >= 0.3 is 0 Å². The number of nitrogens with zero attached hydrogens (tertiary/aromatic N) is 3. The van der Waals surface area contributed by atoms with E-state index < -0.39 is 0 Å². The van der Waals surface area contributed by atoms with E-state index in [-0.39, 0.29) is 17.9 Å². The average molecular weight is 358 g/mol. The molecule has 2 aromatic heterocycles. The fourth-order valence-corrected chi connectivity index (χ4v) is 3.99. The van der Waals surface area contributed by atoms with Crippen molar-refractivity contribution < 1.29 is 9.59 Å². The summed E-state index contributed by atoms with van der Waals surface area (Å²) in [5.41, 5.74) is 2.82. The van der Waals surface area contributed by atoms with Crippen molar-refractivity contribution in [3.63, 3.8) is 0 Å². The lowest BCUT2D eigenvalue weighted by atomic mass is 10.1. The average Bonchev–Trinajstić information content (AvgIpc) is 3.21. The SMILES string of the molecule is CC(=O)NCc1cnc(C)nc1[C@H]1CCCN1C(=O)c1cc(C)cs1. The molecule has 2 aromatic rings. The molecule has 2 amide bonds. The Bertz CT molecular complexity index is 802. The van der Waals surface area contributed by atoms with Crippen LogP contribution >= 0.6 is 11.3 Å². The molecular weight excluding hydrogens is 336 g/mol. The van der Waals surface area contributed by atoms with E-state index in [0.29, 0.717) is 12.4 Å². The van der Waals surface area contributed by atoms with E-state index in [9.17, 15) is 9.59 Å². The molecule has 0 saturated carbocycles. The number of aromatic nitrogens is 2. The van der Waals surface area contributed by atoms with Crippen molar-refractivity contribution >= 4 is 23.2 Å². The van der Waals surface area contributed by atoms with Crippen molar-refractivity contribution in [2.75, 3.05) is 6.54 Å². The monoisotopic (exact) mass is 358 g/mol. The van der Waals surface area contributed by atoms with Crippen molar-refractivity contribution in [3.05, 3.63) is 45.2 Å². The summed E-state index contributed by atoms with van der Waals surface area (Å²) < 4.78 is 0. The van der Waals surface area contributed by atoms with Crippen LogP contribution in [0.15, 0.2) is 17.6 Å². The van der Waals surface area contributed by atoms with Crippen LogP contribution in [0.4, 0.5) is 0 Å². The van der Waals surface area contributed by atoms with E-state index in [4.69, 9.17) is 0 Å². The van der Waals surface area contributed by atoms with Gasteiger partial charge in [0.25, 0.3) is 5.91 Å². The van der Waals surface area contributed by atoms with E-state index in [1.165, 1.54) is 18.3 Å². The number of carbonyl (C=O) groups excluding carboxylic acids is 2. The Morgan fingerprint density at radius 3 is 2.88 bits per heavy atom. The van der Waals surface area contributed by atoms with Crippen LogP contribution < -0.4 is 5.32 Å². The third-order valence-electron chi connectivity index (χ3n) is 4.32. The summed E-state index contributed by atoms with van der Waals surface area (Å²) in [6.07, 6.45) is 3.58. The number of thiophene rings is 1. The summed E-state index contributed by atoms with van der Waals surface area (Å²) >= 11 is 1.48. The highest BCUT2D eigenvalue weighted by Crippen LogP contribution is 2.34. The Kier molecular flexibility index (Phi) is 5.13. The second-order valence-electron chi connectivity index (χ2n) is 6.38. The predicted molar refractivity (Wildman–Crippen MR) is 96.4 cm³/mol. The first kappa shape index (κ1) is 17.5. The highest BCUT2D eigenvalue weighted by molar-refractivity contribution is 7.12. The molecule has 1 aliphatic heterocycles. The van der Waals surface area contributed by atoms with Crippen LogP contribution in [0.1, 0.15) is 58.1 Å². The summed E-state index contributed by atoms with van der Waals surface area (Å²) in [6.45, 7) is 6.42. The van der Waals surface area contributed by atoms with E-state index in [1.807, 2.05) is 30.2 Å². The van der Waals surface area contributed by atoms with Gasteiger partial charge in [0, 0.05) is 31.8 Å². The minimum Gasteiger partial charge on any atom is -0.352 e. The molecule has 1 aliphatic rings. The summed E-state index contributed by atoms with van der Waals surface area (Å²) in [6, 6.07) is 1.87. The predicted octanol–water partition coefficient (Wildman–Crippen LogP) is 2.77. The first-order chi connectivity index (χ1) is 12.0. The molecule has 3 heterocycles. The number of likely N-dealkylation sites (tertiary alicyclic amines) is 1. The molecule has 0 aliphatic carbocycles. The molecule has 25 heavy (non-hydrogen) atoms. The zero-order valence-electron chi connectivity index (χ0n) is 14.7. The van der Waals surface area contributed by atoms with Crippen LogP contribution in [0.5, 0.6) is 0 Å². The molecular formula is C18H22N4O2S. The van der Waals surface area contributed by atoms with Gasteiger partial charge in [-0.05, 0) is 43.7 Å². The smallest absolute Gasteiger partial charge is 0.264 e. The van der Waals surface area contributed by atoms with E-state index in [0.717, 1.165) is 41.1 Å². The van der Waals surface area contributed by atoms with Gasteiger partial charge in [0.2, 0.25) is 5.91 Å². The lowest BCUT2D eigenvalue weighted by Gasteiger charge is -2.25. The molecule has 132 valence electrons. The molecule has 0 aromatic carbocycles. The van der Waals surface area contributed by atoms with Gasteiger partial charge in [0.1, 0.15) is 5.82 Å². The van der Waals surface area contributed by atoms with Crippen molar-refractivity contribution in [2.24, 2.45) is 0 Å². The van der Waals surface area contributed by atoms with Gasteiger partial charge in [-0.1, -0.05) is 0 Å². The fraction of sp³-hybridized carbons (Fsp3) is 0.444. The minimum atomic E-state index is -0.0973. The maximum absolute atomic E-state index is 12.9. The van der Waals surface area contributed by atoms with Gasteiger partial charge in [0.05, 0.1) is 16.6 Å². The standard InChI is InChI=1S/C18H22N4O2S/c1-11-7-16(25-10-11)18(24)22-6-4-5-15(22)17-14(9-20-13(3)23)8-19-12(2)21-17/h7-8,10,15H,4-6,9H2,1-3H3,(H,20,23)/t15-/m1/s1. The van der Waals surface area contributed by atoms with Crippen molar-refractivity contribution in [3.8, 4) is 0 Å². The third-order valence-corrected chi connectivity index (χ3v) is 5.35. The summed E-state index contributed by atoms with van der Waals surface area (Å²) in [5, 5.41) is 4.80. The molecule has 1 saturated heterocycles. The molecule has 1 fully saturated rings. The maximum atomic E-state index is 12.9. The van der Waals surface area contributed by atoms with Gasteiger partial charge in [-0.15, -0.1) is 11.3 Å². The van der Waals surface area contributed by atoms with Gasteiger partial charge in [-0.3, -0.25) is 9.59 Å². The molecule has 1 atom stereocenters. The van der Waals surface area contributed by atoms with Crippen molar-refractivity contribution in [1.82, 2.24) is 20.2 Å². The summed E-state index contributed by atoms with van der Waals surface area (Å²) in [5.74, 6) is 0.634. The van der Waals surface area contributed by atoms with Crippen LogP contribution in [-0.2, 0) is 11.3 Å². The highest BCUT2D eigenvalue weighted by Gasteiger charge is 2.33. The molecule has 0 bridgehead atoms. The highest BCUT2D eigenvalue weighted by atomic mass is 32.1. The first-order valence-corrected chi connectivity index (χ1v) is 9.26. The minimum absolute atomic E-state index is 0.0577. The number of carbonyl (C=O) groups is 2. The van der Waals surface area contributed by atoms with Crippen LogP contribution in [0.2, 0.25) is 0 Å².